The quantitative estimate of drug-likeness (QED) is 0.699. The lowest BCUT2D eigenvalue weighted by atomic mass is 10.1. The number of pyridine rings is 1. The molecule has 1 aliphatic carbocycles. The minimum atomic E-state index is 0.359. The zero-order valence-electron chi connectivity index (χ0n) is 9.23. The molecule has 0 N–H and O–H groups in total. The van der Waals surface area contributed by atoms with Gasteiger partial charge in [0.15, 0.2) is 0 Å². The van der Waals surface area contributed by atoms with Crippen LogP contribution in [0.4, 0.5) is 5.69 Å². The van der Waals surface area contributed by atoms with Gasteiger partial charge in [-0.1, -0.05) is 0 Å². The molecule has 2 aliphatic rings. The van der Waals surface area contributed by atoms with E-state index in [4.69, 9.17) is 4.74 Å². The monoisotopic (exact) mass is 204 g/mol. The van der Waals surface area contributed by atoms with Crippen molar-refractivity contribution in [2.24, 2.45) is 5.92 Å². The lowest BCUT2D eigenvalue weighted by Crippen LogP contribution is -2.39. The topological polar surface area (TPSA) is 25.4 Å². The Bertz CT molecular complexity index is 387. The Morgan fingerprint density at radius 2 is 2.27 bits per heavy atom. The molecule has 0 bridgehead atoms. The van der Waals surface area contributed by atoms with Gasteiger partial charge in [0.25, 0.3) is 0 Å². The Morgan fingerprint density at radius 3 is 3.00 bits per heavy atom. The molecule has 15 heavy (non-hydrogen) atoms. The van der Waals surface area contributed by atoms with E-state index in [0.29, 0.717) is 6.10 Å². The van der Waals surface area contributed by atoms with Crippen molar-refractivity contribution in [3.8, 4) is 5.88 Å². The second-order valence-electron chi connectivity index (χ2n) is 4.71. The number of ether oxygens (including phenoxy) is 1. The summed E-state index contributed by atoms with van der Waals surface area (Å²) in [5, 5.41) is 0. The van der Waals surface area contributed by atoms with Crippen LogP contribution in [0.15, 0.2) is 12.3 Å². The van der Waals surface area contributed by atoms with Crippen LogP contribution in [0.5, 0.6) is 5.88 Å². The van der Waals surface area contributed by atoms with Gasteiger partial charge < -0.3 is 9.64 Å². The zero-order chi connectivity index (χ0) is 10.4. The Labute approximate surface area is 90.1 Å². The average Bonchev–Trinajstić information content (AvgIpc) is 3.02. The Morgan fingerprint density at radius 1 is 1.47 bits per heavy atom. The first kappa shape index (κ1) is 9.01. The number of anilines is 1. The van der Waals surface area contributed by atoms with Gasteiger partial charge in [-0.05, 0) is 37.3 Å². The first-order chi connectivity index (χ1) is 7.24. The summed E-state index contributed by atoms with van der Waals surface area (Å²) >= 11 is 0. The average molecular weight is 204 g/mol. The molecule has 2 heterocycles. The van der Waals surface area contributed by atoms with Crippen molar-refractivity contribution in [2.45, 2.75) is 25.9 Å². The van der Waals surface area contributed by atoms with Crippen molar-refractivity contribution in [1.82, 2.24) is 4.98 Å². The van der Waals surface area contributed by atoms with E-state index >= 15 is 0 Å². The SMILES string of the molecule is Cc1cnc2c(c1)N(C)CC(C1CC1)O2. The molecule has 0 radical (unpaired) electrons. The number of hydrogen-bond acceptors (Lipinski definition) is 3. The maximum Gasteiger partial charge on any atom is 0.237 e. The van der Waals surface area contributed by atoms with E-state index in [1.54, 1.807) is 0 Å². The highest BCUT2D eigenvalue weighted by atomic mass is 16.5. The second kappa shape index (κ2) is 3.12. The van der Waals surface area contributed by atoms with Crippen LogP contribution in [0, 0.1) is 12.8 Å². The zero-order valence-corrected chi connectivity index (χ0v) is 9.23. The normalized spacial score (nSPS) is 24.7. The fraction of sp³-hybridized carbons (Fsp3) is 0.583. The van der Waals surface area contributed by atoms with Crippen molar-refractivity contribution in [3.05, 3.63) is 17.8 Å². The standard InChI is InChI=1S/C12H16N2O/c1-8-5-10-12(13-6-8)15-11(7-14(10)2)9-3-4-9/h5-6,9,11H,3-4,7H2,1-2H3. The summed E-state index contributed by atoms with van der Waals surface area (Å²) in [6.07, 6.45) is 4.87. The van der Waals surface area contributed by atoms with E-state index in [-0.39, 0.29) is 0 Å². The van der Waals surface area contributed by atoms with Crippen molar-refractivity contribution in [1.29, 1.82) is 0 Å². The summed E-state index contributed by atoms with van der Waals surface area (Å²) in [6.45, 7) is 3.07. The minimum absolute atomic E-state index is 0.359. The third kappa shape index (κ3) is 1.56. The second-order valence-corrected chi connectivity index (χ2v) is 4.71. The van der Waals surface area contributed by atoms with Crippen molar-refractivity contribution in [2.75, 3.05) is 18.5 Å². The van der Waals surface area contributed by atoms with Crippen LogP contribution >= 0.6 is 0 Å². The van der Waals surface area contributed by atoms with Gasteiger partial charge in [-0.3, -0.25) is 0 Å². The molecular weight excluding hydrogens is 188 g/mol. The Kier molecular flexibility index (Phi) is 1.87. The largest absolute Gasteiger partial charge is 0.471 e. The molecule has 1 aromatic rings. The van der Waals surface area contributed by atoms with Gasteiger partial charge in [-0.2, -0.15) is 0 Å². The highest BCUT2D eigenvalue weighted by molar-refractivity contribution is 5.57. The van der Waals surface area contributed by atoms with Crippen molar-refractivity contribution < 1.29 is 4.74 Å². The lowest BCUT2D eigenvalue weighted by molar-refractivity contribution is 0.165. The summed E-state index contributed by atoms with van der Waals surface area (Å²) in [4.78, 5) is 6.63. The first-order valence-electron chi connectivity index (χ1n) is 5.58. The third-order valence-corrected chi connectivity index (χ3v) is 3.24. The summed E-state index contributed by atoms with van der Waals surface area (Å²) in [6, 6.07) is 2.14. The van der Waals surface area contributed by atoms with Crippen LogP contribution < -0.4 is 9.64 Å². The molecule has 3 rings (SSSR count). The number of aromatic nitrogens is 1. The molecule has 1 atom stereocenters. The smallest absolute Gasteiger partial charge is 0.237 e. The highest BCUT2D eigenvalue weighted by Gasteiger charge is 2.37. The molecule has 0 aromatic carbocycles. The van der Waals surface area contributed by atoms with E-state index in [9.17, 15) is 0 Å². The number of nitrogens with zero attached hydrogens (tertiary/aromatic N) is 2. The van der Waals surface area contributed by atoms with Crippen molar-refractivity contribution >= 4 is 5.69 Å². The molecule has 3 nitrogen and oxygen atoms in total. The molecular formula is C12H16N2O. The van der Waals surface area contributed by atoms with Gasteiger partial charge in [0.1, 0.15) is 11.8 Å². The van der Waals surface area contributed by atoms with Crippen LogP contribution in [-0.4, -0.2) is 24.7 Å². The number of likely N-dealkylation sites (N-methyl/N-ethyl adjacent to an activating group) is 1. The first-order valence-corrected chi connectivity index (χ1v) is 5.58. The van der Waals surface area contributed by atoms with Gasteiger partial charge in [-0.25, -0.2) is 4.98 Å². The van der Waals surface area contributed by atoms with Crippen LogP contribution in [0.25, 0.3) is 0 Å². The lowest BCUT2D eigenvalue weighted by Gasteiger charge is -2.33. The molecule has 1 aromatic heterocycles. The molecule has 80 valence electrons. The predicted octanol–water partition coefficient (Wildman–Crippen LogP) is 2.00. The van der Waals surface area contributed by atoms with Crippen LogP contribution in [0.1, 0.15) is 18.4 Å². The van der Waals surface area contributed by atoms with E-state index in [1.807, 2.05) is 6.20 Å². The van der Waals surface area contributed by atoms with E-state index < -0.39 is 0 Å². The van der Waals surface area contributed by atoms with E-state index in [0.717, 1.165) is 24.0 Å². The maximum atomic E-state index is 5.93. The summed E-state index contributed by atoms with van der Waals surface area (Å²) in [5.74, 6) is 1.58. The minimum Gasteiger partial charge on any atom is -0.471 e. The molecule has 1 aliphatic heterocycles. The molecule has 0 saturated heterocycles. The van der Waals surface area contributed by atoms with Gasteiger partial charge in [-0.15, -0.1) is 0 Å². The van der Waals surface area contributed by atoms with Crippen LogP contribution in [0.2, 0.25) is 0 Å². The van der Waals surface area contributed by atoms with Crippen molar-refractivity contribution in [3.63, 3.8) is 0 Å². The van der Waals surface area contributed by atoms with Gasteiger partial charge in [0.05, 0.1) is 6.54 Å². The number of hydrogen-bond donors (Lipinski definition) is 0. The summed E-state index contributed by atoms with van der Waals surface area (Å²) in [7, 11) is 2.12. The van der Waals surface area contributed by atoms with E-state index in [2.05, 4.69) is 29.9 Å². The maximum absolute atomic E-state index is 5.93. The van der Waals surface area contributed by atoms with Gasteiger partial charge >= 0.3 is 0 Å². The van der Waals surface area contributed by atoms with Gasteiger partial charge in [0.2, 0.25) is 5.88 Å². The predicted molar refractivity (Wildman–Crippen MR) is 59.4 cm³/mol. The van der Waals surface area contributed by atoms with E-state index in [1.165, 1.54) is 18.4 Å². The van der Waals surface area contributed by atoms with Crippen LogP contribution in [-0.2, 0) is 0 Å². The summed E-state index contributed by atoms with van der Waals surface area (Å²) in [5.41, 5.74) is 2.32. The Balaban J connectivity index is 1.93. The Hall–Kier alpha value is -1.25. The fourth-order valence-corrected chi connectivity index (χ4v) is 2.17. The number of aryl methyl sites for hydroxylation is 1. The number of rotatable bonds is 1. The van der Waals surface area contributed by atoms with Gasteiger partial charge in [0, 0.05) is 13.2 Å². The molecule has 3 heteroatoms. The van der Waals surface area contributed by atoms with Crippen LogP contribution in [0.3, 0.4) is 0 Å². The third-order valence-electron chi connectivity index (χ3n) is 3.24. The summed E-state index contributed by atoms with van der Waals surface area (Å²) < 4.78 is 5.93. The number of fused-ring (bicyclic) bond motifs is 1. The molecule has 0 spiro atoms. The molecule has 1 fully saturated rings. The molecule has 0 amide bonds. The molecule has 1 unspecified atom stereocenters. The molecule has 1 saturated carbocycles. The fourth-order valence-electron chi connectivity index (χ4n) is 2.17. The highest BCUT2D eigenvalue weighted by Crippen LogP contribution is 2.40.